The summed E-state index contributed by atoms with van der Waals surface area (Å²) in [4.78, 5) is 0. The van der Waals surface area contributed by atoms with Gasteiger partial charge in [-0.3, -0.25) is 0 Å². The second-order valence-corrected chi connectivity index (χ2v) is 12.7. The van der Waals surface area contributed by atoms with Gasteiger partial charge in [0, 0.05) is 0 Å². The number of benzene rings is 4. The summed E-state index contributed by atoms with van der Waals surface area (Å²) in [7, 11) is 0. The molecule has 0 aliphatic rings. The van der Waals surface area contributed by atoms with Gasteiger partial charge < -0.3 is 0 Å². The van der Waals surface area contributed by atoms with Crippen LogP contribution < -0.4 is 17.6 Å². The maximum atomic E-state index is 2.23. The summed E-state index contributed by atoms with van der Waals surface area (Å²) in [5, 5.41) is 0. The Bertz CT molecular complexity index is 709. The summed E-state index contributed by atoms with van der Waals surface area (Å²) in [6.07, 6.45) is 0. The molecule has 0 unspecified atom stereocenters. The summed E-state index contributed by atoms with van der Waals surface area (Å²) >= 11 is -0.784. The molecule has 0 N–H and O–H groups in total. The van der Waals surface area contributed by atoms with Crippen LogP contribution >= 0.6 is 0 Å². The molecule has 0 aliphatic carbocycles. The molecule has 4 aromatic rings. The van der Waals surface area contributed by atoms with Crippen molar-refractivity contribution in [2.75, 3.05) is 0 Å². The van der Waals surface area contributed by atoms with E-state index in [9.17, 15) is 0 Å². The zero-order valence-electron chi connectivity index (χ0n) is 14.7. The molecule has 0 nitrogen and oxygen atoms in total. The van der Waals surface area contributed by atoms with E-state index in [0.717, 1.165) is 0 Å². The normalized spacial score (nSPS) is 9.85. The molecule has 0 heterocycles. The Labute approximate surface area is 169 Å². The van der Waals surface area contributed by atoms with Gasteiger partial charge in [0.15, 0.2) is 0 Å². The first-order chi connectivity index (χ1) is 12.9. The minimum absolute atomic E-state index is 0.392. The van der Waals surface area contributed by atoms with Crippen LogP contribution in [0.3, 0.4) is 0 Å². The van der Waals surface area contributed by atoms with Crippen LogP contribution in [0.1, 0.15) is 0 Å². The standard InChI is InChI=1S/2C12H11Ge/c2*1-3-7-11(8-4-1)13-12-9-5-2-6-10-12/h2*1-10,13H. The molecule has 2 radical (unpaired) electrons. The van der Waals surface area contributed by atoms with E-state index in [0.29, 0.717) is 0 Å². The summed E-state index contributed by atoms with van der Waals surface area (Å²) in [5.74, 6) is 0. The van der Waals surface area contributed by atoms with Crippen LogP contribution in [0.4, 0.5) is 0 Å². The van der Waals surface area contributed by atoms with E-state index < -0.39 is 30.9 Å². The molecular weight excluding hydrogens is 433 g/mol. The third-order valence-electron chi connectivity index (χ3n) is 3.86. The van der Waals surface area contributed by atoms with Crippen molar-refractivity contribution in [1.82, 2.24) is 0 Å². The van der Waals surface area contributed by atoms with Gasteiger partial charge in [-0.1, -0.05) is 0 Å². The van der Waals surface area contributed by atoms with Gasteiger partial charge in [-0.25, -0.2) is 0 Å². The van der Waals surface area contributed by atoms with E-state index in [-0.39, 0.29) is 0 Å². The van der Waals surface area contributed by atoms with Crippen LogP contribution in [0.5, 0.6) is 0 Å². The third-order valence-corrected chi connectivity index (χ3v) is 9.89. The van der Waals surface area contributed by atoms with Gasteiger partial charge in [-0.2, -0.15) is 0 Å². The first kappa shape index (κ1) is 18.7. The number of hydrogen-bond acceptors (Lipinski definition) is 0. The summed E-state index contributed by atoms with van der Waals surface area (Å²) < 4.78 is 6.10. The Balaban J connectivity index is 0.000000151. The molecule has 2 heteroatoms. The molecule has 4 aromatic carbocycles. The molecule has 0 bridgehead atoms. The average Bonchev–Trinajstić information content (AvgIpc) is 2.72. The molecule has 0 saturated heterocycles. The van der Waals surface area contributed by atoms with E-state index in [1.807, 2.05) is 0 Å². The van der Waals surface area contributed by atoms with Crippen molar-refractivity contribution in [2.24, 2.45) is 0 Å². The minimum atomic E-state index is -0.392. The van der Waals surface area contributed by atoms with E-state index in [2.05, 4.69) is 121 Å². The van der Waals surface area contributed by atoms with Crippen molar-refractivity contribution in [1.29, 1.82) is 0 Å². The van der Waals surface area contributed by atoms with Gasteiger partial charge >= 0.3 is 170 Å². The third kappa shape index (κ3) is 6.70. The quantitative estimate of drug-likeness (QED) is 0.414. The fourth-order valence-corrected chi connectivity index (χ4v) is 7.68. The van der Waals surface area contributed by atoms with Crippen LogP contribution in [-0.2, 0) is 0 Å². The van der Waals surface area contributed by atoms with E-state index in [1.165, 1.54) is 17.6 Å². The van der Waals surface area contributed by atoms with Crippen molar-refractivity contribution in [3.05, 3.63) is 121 Å². The molecule has 0 aliphatic heterocycles. The monoisotopic (exact) mass is 458 g/mol. The Hall–Kier alpha value is -2.03. The van der Waals surface area contributed by atoms with Gasteiger partial charge in [-0.05, 0) is 0 Å². The molecule has 0 saturated carbocycles. The van der Waals surface area contributed by atoms with Crippen LogP contribution in [0, 0.1) is 0 Å². The number of hydrogen-bond donors (Lipinski definition) is 0. The first-order valence-corrected chi connectivity index (χ1v) is 13.6. The van der Waals surface area contributed by atoms with Crippen molar-refractivity contribution < 1.29 is 0 Å². The fraction of sp³-hybridized carbons (Fsp3) is 0. The molecule has 4 rings (SSSR count). The zero-order chi connectivity index (χ0) is 17.9. The van der Waals surface area contributed by atoms with Gasteiger partial charge in [-0.15, -0.1) is 0 Å². The van der Waals surface area contributed by atoms with Gasteiger partial charge in [0.1, 0.15) is 0 Å². The predicted molar refractivity (Wildman–Crippen MR) is 119 cm³/mol. The molecule has 0 atom stereocenters. The predicted octanol–water partition coefficient (Wildman–Crippen LogP) is 2.15. The van der Waals surface area contributed by atoms with Crippen LogP contribution in [0.2, 0.25) is 0 Å². The van der Waals surface area contributed by atoms with Crippen LogP contribution in [0.15, 0.2) is 121 Å². The molecule has 26 heavy (non-hydrogen) atoms. The molecule has 126 valence electrons. The second kappa shape index (κ2) is 10.8. The number of rotatable bonds is 4. The summed E-state index contributed by atoms with van der Waals surface area (Å²) in [5.41, 5.74) is 0. The van der Waals surface area contributed by atoms with E-state index in [4.69, 9.17) is 0 Å². The van der Waals surface area contributed by atoms with Crippen molar-refractivity contribution in [3.8, 4) is 0 Å². The van der Waals surface area contributed by atoms with E-state index >= 15 is 0 Å². The summed E-state index contributed by atoms with van der Waals surface area (Å²) in [6, 6.07) is 43.1. The van der Waals surface area contributed by atoms with Crippen molar-refractivity contribution in [3.63, 3.8) is 0 Å². The SMILES string of the molecule is c1cc[c]([GeH][c]2ccccc2)cc1.c1cc[c]([GeH][c]2ccccc2)cc1. The zero-order valence-corrected chi connectivity index (χ0v) is 19.5. The average molecular weight is 456 g/mol. The Morgan fingerprint density at radius 2 is 0.462 bits per heavy atom. The van der Waals surface area contributed by atoms with Gasteiger partial charge in [0.2, 0.25) is 0 Å². The molecule has 0 fully saturated rings. The Kier molecular flexibility index (Phi) is 7.82. The molecule has 0 amide bonds. The molecule has 0 aromatic heterocycles. The fourth-order valence-electron chi connectivity index (χ4n) is 2.58. The topological polar surface area (TPSA) is 0 Å². The summed E-state index contributed by atoms with van der Waals surface area (Å²) in [6.45, 7) is 0. The van der Waals surface area contributed by atoms with Crippen molar-refractivity contribution in [2.45, 2.75) is 0 Å². The van der Waals surface area contributed by atoms with E-state index in [1.54, 1.807) is 0 Å². The van der Waals surface area contributed by atoms with Crippen LogP contribution in [-0.4, -0.2) is 30.9 Å². The Morgan fingerprint density at radius 3 is 0.654 bits per heavy atom. The first-order valence-electron chi connectivity index (χ1n) is 8.80. The molecule has 0 spiro atoms. The second-order valence-electron chi connectivity index (χ2n) is 5.93. The maximum absolute atomic E-state index is 2.23. The Morgan fingerprint density at radius 1 is 0.269 bits per heavy atom. The van der Waals surface area contributed by atoms with Crippen LogP contribution in [0.25, 0.3) is 0 Å². The van der Waals surface area contributed by atoms with Crippen molar-refractivity contribution >= 4 is 48.4 Å². The molecular formula is C24H22Ge2. The van der Waals surface area contributed by atoms with Gasteiger partial charge in [0.25, 0.3) is 0 Å². The van der Waals surface area contributed by atoms with Gasteiger partial charge in [0.05, 0.1) is 0 Å².